The summed E-state index contributed by atoms with van der Waals surface area (Å²) in [4.78, 5) is 4.39. The Bertz CT molecular complexity index is 773. The molecule has 3 heteroatoms. The van der Waals surface area contributed by atoms with Crippen LogP contribution in [0.5, 0.6) is 0 Å². The average molecular weight is 261 g/mol. The van der Waals surface area contributed by atoms with Gasteiger partial charge in [-0.05, 0) is 30.3 Å². The molecule has 4 aromatic rings. The van der Waals surface area contributed by atoms with Gasteiger partial charge in [0.15, 0.2) is 5.58 Å². The van der Waals surface area contributed by atoms with E-state index in [1.807, 2.05) is 66.7 Å². The lowest BCUT2D eigenvalue weighted by molar-refractivity contribution is 0.588. The third kappa shape index (κ3) is 1.89. The highest BCUT2D eigenvalue weighted by Crippen LogP contribution is 2.21. The van der Waals surface area contributed by atoms with Crippen molar-refractivity contribution >= 4 is 34.2 Å². The molecule has 4 rings (SSSR count). The summed E-state index contributed by atoms with van der Waals surface area (Å²) in [5.74, 6) is 1.36. The number of nitrogens with zero attached hydrogens (tertiary/aromatic N) is 1. The second kappa shape index (κ2) is 4.38. The molecule has 0 saturated heterocycles. The van der Waals surface area contributed by atoms with E-state index >= 15 is 0 Å². The zero-order valence-corrected chi connectivity index (χ0v) is 10.6. The largest absolute Gasteiger partial charge is 0.457 e. The van der Waals surface area contributed by atoms with Crippen LogP contribution in [0.2, 0.25) is 0 Å². The fourth-order valence-electron chi connectivity index (χ4n) is 2.20. The SMILES string of the molecule is C(=Cc1nc2ccccc2o1)c1cc2ccccc2o1. The van der Waals surface area contributed by atoms with E-state index in [2.05, 4.69) is 4.98 Å². The number of aromatic nitrogens is 1. The summed E-state index contributed by atoms with van der Waals surface area (Å²) in [7, 11) is 0. The maximum atomic E-state index is 5.71. The molecule has 2 aromatic carbocycles. The standard InChI is InChI=1S/C17H11NO2/c1-3-7-15-12(5-1)11-13(19-15)9-10-17-18-14-6-2-4-8-16(14)20-17/h1-11H. The minimum atomic E-state index is 0.576. The molecule has 20 heavy (non-hydrogen) atoms. The van der Waals surface area contributed by atoms with E-state index in [9.17, 15) is 0 Å². The lowest BCUT2D eigenvalue weighted by atomic mass is 10.2. The van der Waals surface area contributed by atoms with Gasteiger partial charge in [-0.15, -0.1) is 0 Å². The van der Waals surface area contributed by atoms with Gasteiger partial charge in [0, 0.05) is 11.5 Å². The normalized spacial score (nSPS) is 11.8. The van der Waals surface area contributed by atoms with Gasteiger partial charge in [0.2, 0.25) is 5.89 Å². The van der Waals surface area contributed by atoms with Crippen molar-refractivity contribution < 1.29 is 8.83 Å². The van der Waals surface area contributed by atoms with Crippen molar-refractivity contribution in [3.8, 4) is 0 Å². The van der Waals surface area contributed by atoms with Gasteiger partial charge in [-0.1, -0.05) is 30.3 Å². The minimum absolute atomic E-state index is 0.576. The van der Waals surface area contributed by atoms with Gasteiger partial charge >= 0.3 is 0 Å². The first-order valence-electron chi connectivity index (χ1n) is 6.41. The summed E-state index contributed by atoms with van der Waals surface area (Å²) in [6.45, 7) is 0. The Kier molecular flexibility index (Phi) is 2.42. The number of oxazole rings is 1. The van der Waals surface area contributed by atoms with Gasteiger partial charge in [-0.25, -0.2) is 4.98 Å². The fraction of sp³-hybridized carbons (Fsp3) is 0. The number of furan rings is 1. The minimum Gasteiger partial charge on any atom is -0.457 e. The van der Waals surface area contributed by atoms with Crippen LogP contribution in [-0.2, 0) is 0 Å². The first-order chi connectivity index (χ1) is 9.88. The molecule has 0 aliphatic carbocycles. The van der Waals surface area contributed by atoms with Crippen LogP contribution in [0, 0.1) is 0 Å². The van der Waals surface area contributed by atoms with E-state index in [0.29, 0.717) is 5.89 Å². The highest BCUT2D eigenvalue weighted by molar-refractivity contribution is 5.81. The Morgan fingerprint density at radius 3 is 2.45 bits per heavy atom. The van der Waals surface area contributed by atoms with E-state index in [-0.39, 0.29) is 0 Å². The van der Waals surface area contributed by atoms with Crippen molar-refractivity contribution in [3.63, 3.8) is 0 Å². The van der Waals surface area contributed by atoms with Crippen LogP contribution >= 0.6 is 0 Å². The summed E-state index contributed by atoms with van der Waals surface area (Å²) in [5, 5.41) is 1.09. The summed E-state index contributed by atoms with van der Waals surface area (Å²) in [6, 6.07) is 17.6. The Morgan fingerprint density at radius 2 is 1.60 bits per heavy atom. The molecule has 0 aliphatic heterocycles. The molecule has 0 aliphatic rings. The van der Waals surface area contributed by atoms with E-state index in [1.54, 1.807) is 0 Å². The molecule has 0 amide bonds. The topological polar surface area (TPSA) is 39.2 Å². The zero-order valence-electron chi connectivity index (χ0n) is 10.6. The molecule has 0 atom stereocenters. The summed E-state index contributed by atoms with van der Waals surface area (Å²) < 4.78 is 11.3. The fourth-order valence-corrected chi connectivity index (χ4v) is 2.20. The number of para-hydroxylation sites is 3. The average Bonchev–Trinajstić information content (AvgIpc) is 3.07. The second-order valence-corrected chi connectivity index (χ2v) is 4.54. The van der Waals surface area contributed by atoms with Crippen LogP contribution in [0.3, 0.4) is 0 Å². The molecule has 0 fully saturated rings. The van der Waals surface area contributed by atoms with Crippen molar-refractivity contribution in [3.05, 3.63) is 66.2 Å². The predicted molar refractivity (Wildman–Crippen MR) is 79.2 cm³/mol. The van der Waals surface area contributed by atoms with Gasteiger partial charge < -0.3 is 8.83 Å². The lowest BCUT2D eigenvalue weighted by Gasteiger charge is -1.84. The monoisotopic (exact) mass is 261 g/mol. The molecule has 2 heterocycles. The molecule has 3 nitrogen and oxygen atoms in total. The highest BCUT2D eigenvalue weighted by Gasteiger charge is 2.03. The van der Waals surface area contributed by atoms with Crippen molar-refractivity contribution in [1.29, 1.82) is 0 Å². The summed E-state index contributed by atoms with van der Waals surface area (Å²) in [6.07, 6.45) is 3.68. The van der Waals surface area contributed by atoms with Crippen LogP contribution in [0.1, 0.15) is 11.7 Å². The quantitative estimate of drug-likeness (QED) is 0.523. The van der Waals surface area contributed by atoms with Gasteiger partial charge in [0.25, 0.3) is 0 Å². The smallest absolute Gasteiger partial charge is 0.220 e. The first-order valence-corrected chi connectivity index (χ1v) is 6.41. The molecular formula is C17H11NO2. The Labute approximate surface area is 115 Å². The van der Waals surface area contributed by atoms with E-state index in [0.717, 1.165) is 27.8 Å². The third-order valence-corrected chi connectivity index (χ3v) is 3.15. The molecule has 0 saturated carbocycles. The first kappa shape index (κ1) is 11.1. The molecule has 0 spiro atoms. The molecule has 0 radical (unpaired) electrons. The number of hydrogen-bond donors (Lipinski definition) is 0. The van der Waals surface area contributed by atoms with Gasteiger partial charge in [-0.3, -0.25) is 0 Å². The van der Waals surface area contributed by atoms with Crippen LogP contribution in [-0.4, -0.2) is 4.98 Å². The van der Waals surface area contributed by atoms with E-state index < -0.39 is 0 Å². The molecule has 0 bridgehead atoms. The molecule has 2 aromatic heterocycles. The second-order valence-electron chi connectivity index (χ2n) is 4.54. The van der Waals surface area contributed by atoms with E-state index in [4.69, 9.17) is 8.83 Å². The highest BCUT2D eigenvalue weighted by atomic mass is 16.3. The van der Waals surface area contributed by atoms with E-state index in [1.165, 1.54) is 0 Å². The maximum absolute atomic E-state index is 5.71. The van der Waals surface area contributed by atoms with Crippen molar-refractivity contribution in [2.24, 2.45) is 0 Å². The zero-order chi connectivity index (χ0) is 13.4. The van der Waals surface area contributed by atoms with Gasteiger partial charge in [0.05, 0.1) is 0 Å². The Balaban J connectivity index is 1.70. The molecule has 96 valence electrons. The predicted octanol–water partition coefficient (Wildman–Crippen LogP) is 4.74. The lowest BCUT2D eigenvalue weighted by Crippen LogP contribution is -1.68. The van der Waals surface area contributed by atoms with Crippen molar-refractivity contribution in [1.82, 2.24) is 4.98 Å². The molecule has 0 unspecified atom stereocenters. The molecule has 0 N–H and O–H groups in total. The van der Waals surface area contributed by atoms with Crippen LogP contribution in [0.25, 0.3) is 34.2 Å². The Morgan fingerprint density at radius 1 is 0.800 bits per heavy atom. The van der Waals surface area contributed by atoms with Crippen LogP contribution < -0.4 is 0 Å². The maximum Gasteiger partial charge on any atom is 0.220 e. The van der Waals surface area contributed by atoms with Gasteiger partial charge in [-0.2, -0.15) is 0 Å². The van der Waals surface area contributed by atoms with Crippen LogP contribution in [0.15, 0.2) is 63.4 Å². The van der Waals surface area contributed by atoms with Crippen molar-refractivity contribution in [2.45, 2.75) is 0 Å². The third-order valence-electron chi connectivity index (χ3n) is 3.15. The molecular weight excluding hydrogens is 250 g/mol. The summed E-state index contributed by atoms with van der Waals surface area (Å²) >= 11 is 0. The Hall–Kier alpha value is -2.81. The number of fused-ring (bicyclic) bond motifs is 2. The number of benzene rings is 2. The van der Waals surface area contributed by atoms with Gasteiger partial charge in [0.1, 0.15) is 16.9 Å². The van der Waals surface area contributed by atoms with Crippen molar-refractivity contribution in [2.75, 3.05) is 0 Å². The summed E-state index contributed by atoms with van der Waals surface area (Å²) in [5.41, 5.74) is 2.53. The number of rotatable bonds is 2. The number of hydrogen-bond acceptors (Lipinski definition) is 3. The van der Waals surface area contributed by atoms with Crippen LogP contribution in [0.4, 0.5) is 0 Å².